The first-order valence-corrected chi connectivity index (χ1v) is 4.84. The Bertz CT molecular complexity index is 439. The number of hydrogen-bond acceptors (Lipinski definition) is 1. The van der Waals surface area contributed by atoms with Crippen LogP contribution in [-0.2, 0) is 0 Å². The van der Waals surface area contributed by atoms with Gasteiger partial charge in [-0.2, -0.15) is 5.10 Å². The number of nitrogens with one attached hydrogen (secondary N) is 1. The van der Waals surface area contributed by atoms with Crippen LogP contribution in [-0.4, -0.2) is 10.2 Å². The van der Waals surface area contributed by atoms with Crippen LogP contribution in [0.5, 0.6) is 0 Å². The van der Waals surface area contributed by atoms with E-state index in [2.05, 4.69) is 28.4 Å². The minimum atomic E-state index is 1.01. The standard InChI is InChI=1S/C13H12N2/c1-2-6-12(7-3-1)8-4-5-9-13-10-11-14-15-13/h1-11H,(H,14,15)/b8-4-,9-5+. The molecule has 74 valence electrons. The molecule has 2 heteroatoms. The zero-order chi connectivity index (χ0) is 10.3. The Hall–Kier alpha value is -2.09. The molecule has 0 amide bonds. The molecule has 15 heavy (non-hydrogen) atoms. The molecule has 1 N–H and O–H groups in total. The van der Waals surface area contributed by atoms with Gasteiger partial charge in [-0.25, -0.2) is 0 Å². The normalized spacial score (nSPS) is 11.5. The van der Waals surface area contributed by atoms with Gasteiger partial charge in [0, 0.05) is 6.20 Å². The van der Waals surface area contributed by atoms with Gasteiger partial charge in [-0.05, 0) is 17.7 Å². The lowest BCUT2D eigenvalue weighted by molar-refractivity contribution is 1.08. The van der Waals surface area contributed by atoms with Crippen molar-refractivity contribution in [1.82, 2.24) is 10.2 Å². The van der Waals surface area contributed by atoms with Crippen molar-refractivity contribution < 1.29 is 0 Å². The Morgan fingerprint density at radius 2 is 1.73 bits per heavy atom. The number of aromatic amines is 1. The number of H-pyrrole nitrogens is 1. The summed E-state index contributed by atoms with van der Waals surface area (Å²) in [5.41, 5.74) is 2.21. The molecule has 0 spiro atoms. The highest BCUT2D eigenvalue weighted by Crippen LogP contribution is 2.02. The van der Waals surface area contributed by atoms with E-state index in [4.69, 9.17) is 0 Å². The fraction of sp³-hybridized carbons (Fsp3) is 0. The molecule has 1 heterocycles. The van der Waals surface area contributed by atoms with E-state index in [0.717, 1.165) is 5.69 Å². The summed E-state index contributed by atoms with van der Waals surface area (Å²) in [6.45, 7) is 0. The summed E-state index contributed by atoms with van der Waals surface area (Å²) < 4.78 is 0. The number of benzene rings is 1. The van der Waals surface area contributed by atoms with Crippen molar-refractivity contribution in [3.63, 3.8) is 0 Å². The van der Waals surface area contributed by atoms with E-state index >= 15 is 0 Å². The van der Waals surface area contributed by atoms with Crippen LogP contribution < -0.4 is 0 Å². The van der Waals surface area contributed by atoms with Crippen molar-refractivity contribution in [1.29, 1.82) is 0 Å². The van der Waals surface area contributed by atoms with Crippen LogP contribution in [0.15, 0.2) is 54.7 Å². The summed E-state index contributed by atoms with van der Waals surface area (Å²) in [4.78, 5) is 0. The fourth-order valence-corrected chi connectivity index (χ4v) is 1.25. The van der Waals surface area contributed by atoms with Gasteiger partial charge in [-0.15, -0.1) is 0 Å². The minimum Gasteiger partial charge on any atom is -0.278 e. The van der Waals surface area contributed by atoms with E-state index in [1.165, 1.54) is 5.56 Å². The van der Waals surface area contributed by atoms with Gasteiger partial charge in [0.2, 0.25) is 0 Å². The molecule has 0 saturated carbocycles. The molecule has 0 bridgehead atoms. The molecule has 2 aromatic rings. The van der Waals surface area contributed by atoms with E-state index in [0.29, 0.717) is 0 Å². The predicted molar refractivity (Wildman–Crippen MR) is 63.1 cm³/mol. The van der Waals surface area contributed by atoms with E-state index < -0.39 is 0 Å². The van der Waals surface area contributed by atoms with E-state index in [1.807, 2.05) is 42.5 Å². The third kappa shape index (κ3) is 2.95. The van der Waals surface area contributed by atoms with Crippen molar-refractivity contribution in [2.45, 2.75) is 0 Å². The van der Waals surface area contributed by atoms with Crippen LogP contribution in [0.2, 0.25) is 0 Å². The van der Waals surface area contributed by atoms with E-state index in [9.17, 15) is 0 Å². The van der Waals surface area contributed by atoms with Crippen LogP contribution in [0.3, 0.4) is 0 Å². The van der Waals surface area contributed by atoms with E-state index in [-0.39, 0.29) is 0 Å². The first-order chi connectivity index (χ1) is 7.45. The first kappa shape index (κ1) is 9.46. The third-order valence-corrected chi connectivity index (χ3v) is 2.00. The second-order valence-corrected chi connectivity index (χ2v) is 3.14. The monoisotopic (exact) mass is 196 g/mol. The molecular weight excluding hydrogens is 184 g/mol. The van der Waals surface area contributed by atoms with Gasteiger partial charge in [0.1, 0.15) is 0 Å². The smallest absolute Gasteiger partial charge is 0.0577 e. The highest BCUT2D eigenvalue weighted by atomic mass is 15.1. The molecule has 0 saturated heterocycles. The molecule has 2 rings (SSSR count). The maximum absolute atomic E-state index is 3.86. The summed E-state index contributed by atoms with van der Waals surface area (Å²) in [6, 6.07) is 12.1. The molecule has 0 atom stereocenters. The highest BCUT2D eigenvalue weighted by molar-refractivity contribution is 5.55. The second kappa shape index (κ2) is 4.96. The minimum absolute atomic E-state index is 1.01. The number of aromatic nitrogens is 2. The first-order valence-electron chi connectivity index (χ1n) is 4.84. The zero-order valence-corrected chi connectivity index (χ0v) is 8.30. The molecular formula is C13H12N2. The maximum Gasteiger partial charge on any atom is 0.0577 e. The molecule has 1 aromatic carbocycles. The summed E-state index contributed by atoms with van der Waals surface area (Å²) in [6.07, 6.45) is 9.77. The quantitative estimate of drug-likeness (QED) is 0.750. The average Bonchev–Trinajstić information content (AvgIpc) is 2.79. The predicted octanol–water partition coefficient (Wildman–Crippen LogP) is 3.14. The van der Waals surface area contributed by atoms with Gasteiger partial charge in [0.05, 0.1) is 5.69 Å². The third-order valence-electron chi connectivity index (χ3n) is 2.00. The molecule has 0 aliphatic carbocycles. The molecule has 0 radical (unpaired) electrons. The largest absolute Gasteiger partial charge is 0.278 e. The Morgan fingerprint density at radius 3 is 2.47 bits per heavy atom. The lowest BCUT2D eigenvalue weighted by atomic mass is 10.2. The number of nitrogens with zero attached hydrogens (tertiary/aromatic N) is 1. The lowest BCUT2D eigenvalue weighted by Crippen LogP contribution is -1.69. The van der Waals surface area contributed by atoms with Crippen LogP contribution in [0.1, 0.15) is 11.3 Å². The Kier molecular flexibility index (Phi) is 3.13. The van der Waals surface area contributed by atoms with Gasteiger partial charge in [-0.3, -0.25) is 5.10 Å². The van der Waals surface area contributed by atoms with Crippen LogP contribution in [0, 0.1) is 0 Å². The van der Waals surface area contributed by atoms with Gasteiger partial charge >= 0.3 is 0 Å². The van der Waals surface area contributed by atoms with Gasteiger partial charge in [0.25, 0.3) is 0 Å². The number of hydrogen-bond donors (Lipinski definition) is 1. The van der Waals surface area contributed by atoms with Crippen LogP contribution in [0.25, 0.3) is 12.2 Å². The van der Waals surface area contributed by atoms with Gasteiger partial charge in [-0.1, -0.05) is 48.6 Å². The molecule has 1 aromatic heterocycles. The Labute approximate surface area is 89.0 Å². The number of rotatable bonds is 3. The van der Waals surface area contributed by atoms with Crippen molar-refractivity contribution in [2.24, 2.45) is 0 Å². The van der Waals surface area contributed by atoms with Crippen molar-refractivity contribution >= 4 is 12.2 Å². The Morgan fingerprint density at radius 1 is 0.933 bits per heavy atom. The zero-order valence-electron chi connectivity index (χ0n) is 8.30. The number of allylic oxidation sites excluding steroid dienone is 2. The molecule has 0 unspecified atom stereocenters. The summed E-state index contributed by atoms with van der Waals surface area (Å²) in [7, 11) is 0. The topological polar surface area (TPSA) is 28.7 Å². The molecule has 0 aliphatic rings. The summed E-state index contributed by atoms with van der Waals surface area (Å²) in [5, 5.41) is 6.72. The fourth-order valence-electron chi connectivity index (χ4n) is 1.25. The van der Waals surface area contributed by atoms with E-state index in [1.54, 1.807) is 6.20 Å². The van der Waals surface area contributed by atoms with Gasteiger partial charge < -0.3 is 0 Å². The highest BCUT2D eigenvalue weighted by Gasteiger charge is 1.83. The van der Waals surface area contributed by atoms with Crippen molar-refractivity contribution in [2.75, 3.05) is 0 Å². The molecule has 2 nitrogen and oxygen atoms in total. The summed E-state index contributed by atoms with van der Waals surface area (Å²) in [5.74, 6) is 0. The van der Waals surface area contributed by atoms with Crippen LogP contribution in [0.4, 0.5) is 0 Å². The second-order valence-electron chi connectivity index (χ2n) is 3.14. The maximum atomic E-state index is 3.86. The SMILES string of the molecule is C(=C/c1ccccc1)/C=C/c1ccn[nH]1. The lowest BCUT2D eigenvalue weighted by Gasteiger charge is -1.88. The van der Waals surface area contributed by atoms with Crippen LogP contribution >= 0.6 is 0 Å². The van der Waals surface area contributed by atoms with Gasteiger partial charge in [0.15, 0.2) is 0 Å². The van der Waals surface area contributed by atoms with Crippen molar-refractivity contribution in [3.05, 3.63) is 66.0 Å². The Balaban J connectivity index is 1.96. The molecule has 0 fully saturated rings. The van der Waals surface area contributed by atoms with Crippen molar-refractivity contribution in [3.8, 4) is 0 Å². The molecule has 0 aliphatic heterocycles. The summed E-state index contributed by atoms with van der Waals surface area (Å²) >= 11 is 0. The average molecular weight is 196 g/mol.